The number of guanidine groups is 1. The maximum atomic E-state index is 11.3. The fourth-order valence-corrected chi connectivity index (χ4v) is 3.06. The van der Waals surface area contributed by atoms with E-state index >= 15 is 0 Å². The first-order chi connectivity index (χ1) is 10.4. The van der Waals surface area contributed by atoms with E-state index in [0.717, 1.165) is 17.2 Å². The number of rotatable bonds is 8. The lowest BCUT2D eigenvalue weighted by atomic mass is 10.4. The number of nitrogens with one attached hydrogen (secondary N) is 3. The fraction of sp³-hybridized carbons (Fsp3) is 0.692. The van der Waals surface area contributed by atoms with Gasteiger partial charge in [0.15, 0.2) is 5.96 Å². The molecule has 0 aliphatic rings. The summed E-state index contributed by atoms with van der Waals surface area (Å²) in [6, 6.07) is 0. The van der Waals surface area contributed by atoms with E-state index in [9.17, 15) is 8.42 Å². The summed E-state index contributed by atoms with van der Waals surface area (Å²) in [6.45, 7) is 9.68. The van der Waals surface area contributed by atoms with Crippen LogP contribution in [-0.2, 0) is 16.6 Å². The van der Waals surface area contributed by atoms with Gasteiger partial charge in [-0.1, -0.05) is 0 Å². The normalized spacial score (nSPS) is 11.9. The average molecular weight is 475 g/mol. The van der Waals surface area contributed by atoms with E-state index in [1.54, 1.807) is 18.3 Å². The molecule has 1 rings (SSSR count). The summed E-state index contributed by atoms with van der Waals surface area (Å²) < 4.78 is 25.2. The molecule has 10 heteroatoms. The molecule has 0 aliphatic carbocycles. The smallest absolute Gasteiger partial charge is 0.211 e. The van der Waals surface area contributed by atoms with Crippen LogP contribution in [0.2, 0.25) is 0 Å². The Balaban J connectivity index is 0.00000484. The zero-order chi connectivity index (χ0) is 16.6. The minimum atomic E-state index is -3.15. The monoisotopic (exact) mass is 475 g/mol. The Kier molecular flexibility index (Phi) is 10.9. The minimum absolute atomic E-state index is 0. The average Bonchev–Trinajstić information content (AvgIpc) is 2.79. The van der Waals surface area contributed by atoms with Gasteiger partial charge in [0.1, 0.15) is 5.01 Å². The maximum absolute atomic E-state index is 11.3. The van der Waals surface area contributed by atoms with Crippen LogP contribution in [0, 0.1) is 13.8 Å². The predicted octanol–water partition coefficient (Wildman–Crippen LogP) is 1.37. The van der Waals surface area contributed by atoms with E-state index in [2.05, 4.69) is 25.3 Å². The van der Waals surface area contributed by atoms with E-state index in [4.69, 9.17) is 0 Å². The second kappa shape index (κ2) is 11.2. The Morgan fingerprint density at radius 3 is 2.43 bits per heavy atom. The van der Waals surface area contributed by atoms with Crippen molar-refractivity contribution in [2.45, 2.75) is 34.2 Å². The van der Waals surface area contributed by atoms with Crippen LogP contribution in [0.4, 0.5) is 0 Å². The van der Waals surface area contributed by atoms with E-state index in [1.165, 1.54) is 4.88 Å². The van der Waals surface area contributed by atoms with Crippen molar-refractivity contribution in [3.8, 4) is 0 Å². The van der Waals surface area contributed by atoms with Gasteiger partial charge in [-0.2, -0.15) is 0 Å². The van der Waals surface area contributed by atoms with Crippen LogP contribution in [0.1, 0.15) is 29.4 Å². The lowest BCUT2D eigenvalue weighted by Crippen LogP contribution is -2.41. The van der Waals surface area contributed by atoms with E-state index in [-0.39, 0.29) is 29.7 Å². The summed E-state index contributed by atoms with van der Waals surface area (Å²) in [5.41, 5.74) is 1.04. The Morgan fingerprint density at radius 2 is 1.91 bits per heavy atom. The van der Waals surface area contributed by atoms with Gasteiger partial charge in [-0.25, -0.2) is 23.1 Å². The lowest BCUT2D eigenvalue weighted by Gasteiger charge is -2.11. The van der Waals surface area contributed by atoms with Crippen LogP contribution in [-0.4, -0.2) is 44.7 Å². The summed E-state index contributed by atoms with van der Waals surface area (Å²) >= 11 is 1.64. The highest BCUT2D eigenvalue weighted by molar-refractivity contribution is 14.0. The summed E-state index contributed by atoms with van der Waals surface area (Å²) in [5.74, 6) is 0.743. The third-order valence-corrected chi connectivity index (χ3v) is 5.37. The zero-order valence-corrected chi connectivity index (χ0v) is 17.9. The Bertz CT molecular complexity index is 582. The fourth-order valence-electron chi connectivity index (χ4n) is 1.58. The molecular formula is C13H26IN5O2S2. The van der Waals surface area contributed by atoms with Gasteiger partial charge in [0.05, 0.1) is 18.0 Å². The Morgan fingerprint density at radius 1 is 1.22 bits per heavy atom. The molecular weight excluding hydrogens is 449 g/mol. The van der Waals surface area contributed by atoms with Gasteiger partial charge in [0.25, 0.3) is 0 Å². The number of aliphatic imine (C=N–C) groups is 1. The summed E-state index contributed by atoms with van der Waals surface area (Å²) in [7, 11) is -3.15. The minimum Gasteiger partial charge on any atom is -0.357 e. The molecule has 23 heavy (non-hydrogen) atoms. The van der Waals surface area contributed by atoms with Crippen LogP contribution < -0.4 is 15.4 Å². The van der Waals surface area contributed by atoms with Crippen molar-refractivity contribution in [2.24, 2.45) is 4.99 Å². The molecule has 1 heterocycles. The van der Waals surface area contributed by atoms with E-state index in [1.807, 2.05) is 20.8 Å². The number of nitrogens with zero attached hydrogens (tertiary/aromatic N) is 2. The highest BCUT2D eigenvalue weighted by atomic mass is 127. The second-order valence-corrected chi connectivity index (χ2v) is 8.05. The Hall–Kier alpha value is -0.460. The molecule has 0 spiro atoms. The Labute approximate surface area is 159 Å². The number of hydrogen-bond donors (Lipinski definition) is 3. The standard InChI is InChI=1S/C13H25N5O2S2.HI/c1-5-14-13(15-7-8-17-22(19,20)6-2)16-9-12-18-10(3)11(4)21-12;/h17H,5-9H2,1-4H3,(H2,14,15,16);1H. The molecule has 0 unspecified atom stereocenters. The van der Waals surface area contributed by atoms with Gasteiger partial charge >= 0.3 is 0 Å². The number of sulfonamides is 1. The lowest BCUT2D eigenvalue weighted by molar-refractivity contribution is 0.582. The largest absolute Gasteiger partial charge is 0.357 e. The van der Waals surface area contributed by atoms with Gasteiger partial charge in [-0.05, 0) is 27.7 Å². The topological polar surface area (TPSA) is 95.5 Å². The van der Waals surface area contributed by atoms with Crippen molar-refractivity contribution in [1.29, 1.82) is 0 Å². The van der Waals surface area contributed by atoms with Crippen molar-refractivity contribution < 1.29 is 8.42 Å². The number of thiazole rings is 1. The van der Waals surface area contributed by atoms with Crippen molar-refractivity contribution >= 4 is 51.3 Å². The van der Waals surface area contributed by atoms with Crippen molar-refractivity contribution in [2.75, 3.05) is 25.4 Å². The van der Waals surface area contributed by atoms with E-state index < -0.39 is 10.0 Å². The van der Waals surface area contributed by atoms with Gasteiger partial charge in [-0.3, -0.25) is 0 Å². The van der Waals surface area contributed by atoms with Gasteiger partial charge < -0.3 is 10.6 Å². The number of aryl methyl sites for hydroxylation is 2. The molecule has 0 radical (unpaired) electrons. The predicted molar refractivity (Wildman–Crippen MR) is 107 cm³/mol. The molecule has 3 N–H and O–H groups in total. The SMILES string of the molecule is CCNC(=NCc1nc(C)c(C)s1)NCCNS(=O)(=O)CC.I. The van der Waals surface area contributed by atoms with Gasteiger partial charge in [0.2, 0.25) is 10.0 Å². The first-order valence-corrected chi connectivity index (χ1v) is 9.77. The summed E-state index contributed by atoms with van der Waals surface area (Å²) in [6.07, 6.45) is 0. The first-order valence-electron chi connectivity index (χ1n) is 7.30. The van der Waals surface area contributed by atoms with E-state index in [0.29, 0.717) is 25.6 Å². The molecule has 1 aromatic heterocycles. The number of halogens is 1. The van der Waals surface area contributed by atoms with Crippen LogP contribution in [0.5, 0.6) is 0 Å². The highest BCUT2D eigenvalue weighted by Crippen LogP contribution is 2.16. The molecule has 0 atom stereocenters. The quantitative estimate of drug-likeness (QED) is 0.229. The van der Waals surface area contributed by atoms with Crippen LogP contribution in [0.15, 0.2) is 4.99 Å². The molecule has 0 saturated carbocycles. The second-order valence-electron chi connectivity index (χ2n) is 4.67. The van der Waals surface area contributed by atoms with Crippen LogP contribution >= 0.6 is 35.3 Å². The van der Waals surface area contributed by atoms with Gasteiger partial charge in [-0.15, -0.1) is 35.3 Å². The molecule has 0 amide bonds. The van der Waals surface area contributed by atoms with Crippen molar-refractivity contribution in [3.63, 3.8) is 0 Å². The highest BCUT2D eigenvalue weighted by Gasteiger charge is 2.06. The van der Waals surface area contributed by atoms with Crippen LogP contribution in [0.25, 0.3) is 0 Å². The molecule has 7 nitrogen and oxygen atoms in total. The molecule has 0 fully saturated rings. The first kappa shape index (κ1) is 22.5. The van der Waals surface area contributed by atoms with Gasteiger partial charge in [0, 0.05) is 24.5 Å². The molecule has 0 saturated heterocycles. The zero-order valence-electron chi connectivity index (χ0n) is 14.0. The van der Waals surface area contributed by atoms with Crippen molar-refractivity contribution in [1.82, 2.24) is 20.3 Å². The molecule has 134 valence electrons. The number of hydrogen-bond acceptors (Lipinski definition) is 5. The maximum Gasteiger partial charge on any atom is 0.211 e. The number of aromatic nitrogens is 1. The van der Waals surface area contributed by atoms with Crippen molar-refractivity contribution in [3.05, 3.63) is 15.6 Å². The van der Waals surface area contributed by atoms with Crippen LogP contribution in [0.3, 0.4) is 0 Å². The molecule has 0 aromatic carbocycles. The third kappa shape index (κ3) is 8.82. The molecule has 0 bridgehead atoms. The molecule has 1 aromatic rings. The summed E-state index contributed by atoms with van der Waals surface area (Å²) in [5, 5.41) is 7.19. The molecule has 0 aliphatic heterocycles. The third-order valence-electron chi connectivity index (χ3n) is 2.91. The summed E-state index contributed by atoms with van der Waals surface area (Å²) in [4.78, 5) is 10.1.